The number of likely N-dealkylation sites (N-methyl/N-ethyl adjacent to an activating group) is 1. The highest BCUT2D eigenvalue weighted by Gasteiger charge is 2.20. The number of aromatic nitrogens is 1. The van der Waals surface area contributed by atoms with Crippen LogP contribution in [0.2, 0.25) is 0 Å². The number of pyridine rings is 1. The summed E-state index contributed by atoms with van der Waals surface area (Å²) in [4.78, 5) is 18.8. The van der Waals surface area contributed by atoms with E-state index in [4.69, 9.17) is 10.3 Å². The number of rotatable bonds is 6. The van der Waals surface area contributed by atoms with E-state index in [9.17, 15) is 4.79 Å². The fourth-order valence-electron chi connectivity index (χ4n) is 3.08. The zero-order chi connectivity index (χ0) is 19.2. The predicted molar refractivity (Wildman–Crippen MR) is 104 cm³/mol. The van der Waals surface area contributed by atoms with Crippen molar-refractivity contribution in [3.63, 3.8) is 0 Å². The van der Waals surface area contributed by atoms with Gasteiger partial charge in [0.05, 0.1) is 19.1 Å². The summed E-state index contributed by atoms with van der Waals surface area (Å²) < 4.78 is 5.64. The van der Waals surface area contributed by atoms with Crippen molar-refractivity contribution in [1.29, 1.82) is 5.53 Å². The van der Waals surface area contributed by atoms with E-state index in [1.165, 1.54) is 0 Å². The first-order chi connectivity index (χ1) is 13.1. The molecule has 27 heavy (non-hydrogen) atoms. The zero-order valence-corrected chi connectivity index (χ0v) is 15.5. The second-order valence-electron chi connectivity index (χ2n) is 6.57. The van der Waals surface area contributed by atoms with Gasteiger partial charge < -0.3 is 20.3 Å². The lowest BCUT2D eigenvalue weighted by Crippen LogP contribution is -2.41. The molecule has 142 valence electrons. The number of carbonyl (C=O) groups is 1. The molecule has 0 saturated carbocycles. The highest BCUT2D eigenvalue weighted by molar-refractivity contribution is 5.93. The largest absolute Gasteiger partial charge is 0.392 e. The van der Waals surface area contributed by atoms with Gasteiger partial charge in [0.15, 0.2) is 0 Å². The molecule has 1 atom stereocenters. The summed E-state index contributed by atoms with van der Waals surface area (Å²) in [6.45, 7) is 2.29. The van der Waals surface area contributed by atoms with E-state index in [2.05, 4.69) is 25.6 Å². The van der Waals surface area contributed by atoms with E-state index >= 15 is 0 Å². The molecule has 1 fully saturated rings. The second-order valence-corrected chi connectivity index (χ2v) is 6.57. The number of anilines is 1. The molecule has 2 aromatic rings. The van der Waals surface area contributed by atoms with Crippen molar-refractivity contribution in [2.24, 2.45) is 5.11 Å². The molecular weight excluding hydrogens is 344 g/mol. The molecular formula is C19H24N6O2. The van der Waals surface area contributed by atoms with Gasteiger partial charge in [-0.25, -0.2) is 10.5 Å². The fourth-order valence-corrected chi connectivity index (χ4v) is 3.08. The minimum absolute atomic E-state index is 0.0938. The maximum atomic E-state index is 12.3. The highest BCUT2D eigenvalue weighted by atomic mass is 16.5. The maximum Gasteiger partial charge on any atom is 0.228 e. The van der Waals surface area contributed by atoms with Crippen LogP contribution in [0.4, 0.5) is 5.82 Å². The molecule has 1 aliphatic heterocycles. The highest BCUT2D eigenvalue weighted by Crippen LogP contribution is 2.23. The van der Waals surface area contributed by atoms with Crippen molar-refractivity contribution in [2.75, 3.05) is 39.1 Å². The Hall–Kier alpha value is -2.84. The minimum atomic E-state index is -0.116. The van der Waals surface area contributed by atoms with Gasteiger partial charge >= 0.3 is 0 Å². The van der Waals surface area contributed by atoms with Crippen molar-refractivity contribution in [3.05, 3.63) is 42.2 Å². The monoisotopic (exact) mass is 368 g/mol. The first kappa shape index (κ1) is 18.9. The quantitative estimate of drug-likeness (QED) is 0.680. The number of nitrogens with one attached hydrogen (secondary N) is 3. The first-order valence-electron chi connectivity index (χ1n) is 8.84. The van der Waals surface area contributed by atoms with Gasteiger partial charge in [-0.15, -0.1) is 0 Å². The van der Waals surface area contributed by atoms with Crippen LogP contribution in [-0.4, -0.2) is 55.7 Å². The normalized spacial score (nSPS) is 18.3. The molecule has 1 aliphatic rings. The van der Waals surface area contributed by atoms with Crippen molar-refractivity contribution in [3.8, 4) is 0 Å². The Balaban J connectivity index is 1.74. The molecule has 1 unspecified atom stereocenters. The Morgan fingerprint density at radius 1 is 1.44 bits per heavy atom. The molecule has 3 rings (SSSR count). The second kappa shape index (κ2) is 8.70. The lowest BCUT2D eigenvalue weighted by atomic mass is 10.1. The first-order valence-corrected chi connectivity index (χ1v) is 8.84. The van der Waals surface area contributed by atoms with E-state index in [1.54, 1.807) is 19.4 Å². The number of fused-ring (bicyclic) bond motifs is 1. The summed E-state index contributed by atoms with van der Waals surface area (Å²) in [5.74, 6) is 0.381. The van der Waals surface area contributed by atoms with E-state index < -0.39 is 0 Å². The van der Waals surface area contributed by atoms with Crippen molar-refractivity contribution in [2.45, 2.75) is 12.5 Å². The predicted octanol–water partition coefficient (Wildman–Crippen LogP) is 2.44. The molecule has 8 heteroatoms. The van der Waals surface area contributed by atoms with Crippen LogP contribution in [0.25, 0.3) is 16.5 Å². The number of carbonyl (C=O) groups excluding carboxylic acids is 1. The summed E-state index contributed by atoms with van der Waals surface area (Å²) >= 11 is 0. The topological polar surface area (TPSA) is 103 Å². The summed E-state index contributed by atoms with van der Waals surface area (Å²) in [5, 5.41) is 11.1. The SMILES string of the molecule is CN/C=C(\N=N)c1ccc2cnc(NC(=O)CC3CN(C)CCO3)cc2c1. The average Bonchev–Trinajstić information content (AvgIpc) is 2.65. The number of benzene rings is 1. The number of nitrogens with zero attached hydrogens (tertiary/aromatic N) is 3. The van der Waals surface area contributed by atoms with E-state index in [0.29, 0.717) is 24.5 Å². The van der Waals surface area contributed by atoms with Crippen LogP contribution in [0.3, 0.4) is 0 Å². The van der Waals surface area contributed by atoms with Gasteiger partial charge in [0.2, 0.25) is 5.91 Å². The Kier molecular flexibility index (Phi) is 6.10. The number of amides is 1. The summed E-state index contributed by atoms with van der Waals surface area (Å²) in [7, 11) is 3.79. The van der Waals surface area contributed by atoms with Crippen molar-refractivity contribution >= 4 is 28.2 Å². The molecule has 8 nitrogen and oxygen atoms in total. The number of morpholine rings is 1. The van der Waals surface area contributed by atoms with Gasteiger partial charge in [-0.3, -0.25) is 4.79 Å². The molecule has 1 aromatic heterocycles. The molecule has 1 aromatic carbocycles. The summed E-state index contributed by atoms with van der Waals surface area (Å²) in [6, 6.07) is 7.56. The third-order valence-corrected chi connectivity index (χ3v) is 4.44. The molecule has 0 aliphatic carbocycles. The van der Waals surface area contributed by atoms with Crippen LogP contribution in [-0.2, 0) is 9.53 Å². The van der Waals surface area contributed by atoms with Gasteiger partial charge in [-0.1, -0.05) is 12.1 Å². The molecule has 1 amide bonds. The Labute approximate surface area is 158 Å². The van der Waals surface area contributed by atoms with Crippen molar-refractivity contribution in [1.82, 2.24) is 15.2 Å². The van der Waals surface area contributed by atoms with Gasteiger partial charge in [-0.05, 0) is 24.6 Å². The van der Waals surface area contributed by atoms with E-state index in [1.807, 2.05) is 31.3 Å². The maximum absolute atomic E-state index is 12.3. The molecule has 0 radical (unpaired) electrons. The standard InChI is InChI=1S/C19H24N6O2/c1-21-11-17(24-20)13-3-4-14-10-22-18(8-15(14)7-13)23-19(26)9-16-12-25(2)5-6-27-16/h3-4,7-8,10-11,16,20-21H,5-6,9,12H2,1-2H3,(H,22,23,26)/b17-11-,24-20?. The van der Waals surface area contributed by atoms with Gasteiger partial charge in [-0.2, -0.15) is 5.11 Å². The van der Waals surface area contributed by atoms with Crippen LogP contribution in [0, 0.1) is 5.53 Å². The van der Waals surface area contributed by atoms with Crippen LogP contribution in [0.5, 0.6) is 0 Å². The number of ether oxygens (including phenoxy) is 1. The van der Waals surface area contributed by atoms with Gasteiger partial charge in [0.1, 0.15) is 11.5 Å². The van der Waals surface area contributed by atoms with Crippen LogP contribution in [0.1, 0.15) is 12.0 Å². The molecule has 3 N–H and O–H groups in total. The Bertz CT molecular complexity index is 866. The molecule has 0 spiro atoms. The smallest absolute Gasteiger partial charge is 0.228 e. The Morgan fingerprint density at radius 2 is 2.30 bits per heavy atom. The van der Waals surface area contributed by atoms with Crippen LogP contribution in [0.15, 0.2) is 41.8 Å². The van der Waals surface area contributed by atoms with E-state index in [-0.39, 0.29) is 12.0 Å². The zero-order valence-electron chi connectivity index (χ0n) is 15.5. The lowest BCUT2D eigenvalue weighted by Gasteiger charge is -2.29. The minimum Gasteiger partial charge on any atom is -0.392 e. The molecule has 1 saturated heterocycles. The van der Waals surface area contributed by atoms with Gasteiger partial charge in [0, 0.05) is 43.5 Å². The van der Waals surface area contributed by atoms with Crippen LogP contribution >= 0.6 is 0 Å². The Morgan fingerprint density at radius 3 is 3.04 bits per heavy atom. The number of hydrogen-bond donors (Lipinski definition) is 3. The molecule has 2 heterocycles. The summed E-state index contributed by atoms with van der Waals surface area (Å²) in [6.07, 6.45) is 3.60. The summed E-state index contributed by atoms with van der Waals surface area (Å²) in [5.41, 5.74) is 8.65. The average molecular weight is 368 g/mol. The van der Waals surface area contributed by atoms with Crippen LogP contribution < -0.4 is 10.6 Å². The number of hydrogen-bond acceptors (Lipinski definition) is 7. The third kappa shape index (κ3) is 4.87. The van der Waals surface area contributed by atoms with Gasteiger partial charge in [0.25, 0.3) is 0 Å². The lowest BCUT2D eigenvalue weighted by molar-refractivity contribution is -0.120. The third-order valence-electron chi connectivity index (χ3n) is 4.44. The van der Waals surface area contributed by atoms with Crippen molar-refractivity contribution < 1.29 is 9.53 Å². The van der Waals surface area contributed by atoms with E-state index in [0.717, 1.165) is 29.4 Å². The molecule has 0 bridgehead atoms. The fraction of sp³-hybridized carbons (Fsp3) is 0.368.